The zero-order chi connectivity index (χ0) is 37.8. The minimum absolute atomic E-state index is 0.127. The SMILES string of the molecule is CCCCCC[C@@H](C)OC(=O)c1ccc(-c2ccc(OC(=O)c3ccc(OCCCOC(=O)C(F)(F)C(F)(F)C(F)(F)C(F)F)cc3)cc2)cc1. The largest absolute Gasteiger partial charge is 0.493 e. The van der Waals surface area contributed by atoms with Gasteiger partial charge in [-0.1, -0.05) is 50.5 Å². The van der Waals surface area contributed by atoms with Crippen LogP contribution in [0.1, 0.15) is 73.1 Å². The van der Waals surface area contributed by atoms with Crippen molar-refractivity contribution in [1.29, 1.82) is 0 Å². The Morgan fingerprint density at radius 3 is 1.76 bits per heavy atom. The van der Waals surface area contributed by atoms with Crippen LogP contribution < -0.4 is 9.47 Å². The Kier molecular flexibility index (Phi) is 14.4. The topological polar surface area (TPSA) is 88.1 Å². The van der Waals surface area contributed by atoms with Gasteiger partial charge in [-0.3, -0.25) is 0 Å². The van der Waals surface area contributed by atoms with Crippen molar-refractivity contribution in [3.05, 3.63) is 83.9 Å². The van der Waals surface area contributed by atoms with Crippen molar-refractivity contribution in [1.82, 2.24) is 0 Å². The molecular formula is C36H36F8O7. The van der Waals surface area contributed by atoms with Gasteiger partial charge < -0.3 is 18.9 Å². The molecule has 1 atom stereocenters. The fraction of sp³-hybridized carbons (Fsp3) is 0.417. The lowest BCUT2D eigenvalue weighted by atomic mass is 10.0. The summed E-state index contributed by atoms with van der Waals surface area (Å²) in [5.74, 6) is -23.2. The van der Waals surface area contributed by atoms with Crippen LogP contribution in [0, 0.1) is 0 Å². The minimum atomic E-state index is -6.70. The number of alkyl halides is 8. The third-order valence-electron chi connectivity index (χ3n) is 7.52. The van der Waals surface area contributed by atoms with Gasteiger partial charge in [0.25, 0.3) is 0 Å². The number of rotatable bonds is 19. The van der Waals surface area contributed by atoms with Gasteiger partial charge in [0, 0.05) is 6.42 Å². The van der Waals surface area contributed by atoms with Crippen molar-refractivity contribution in [3.8, 4) is 22.6 Å². The Hall–Kier alpha value is -4.69. The second kappa shape index (κ2) is 18.0. The smallest absolute Gasteiger partial charge is 0.410 e. The van der Waals surface area contributed by atoms with Crippen molar-refractivity contribution >= 4 is 17.9 Å². The van der Waals surface area contributed by atoms with Gasteiger partial charge >= 0.3 is 42.1 Å². The molecule has 0 spiro atoms. The molecule has 278 valence electrons. The summed E-state index contributed by atoms with van der Waals surface area (Å²) >= 11 is 0. The maximum Gasteiger partial charge on any atom is 0.410 e. The zero-order valence-electron chi connectivity index (χ0n) is 27.6. The van der Waals surface area contributed by atoms with Crippen molar-refractivity contribution < 1.29 is 68.5 Å². The van der Waals surface area contributed by atoms with Crippen molar-refractivity contribution in [2.45, 2.75) is 82.7 Å². The molecule has 0 saturated carbocycles. The molecule has 0 N–H and O–H groups in total. The highest BCUT2D eigenvalue weighted by molar-refractivity contribution is 5.91. The first-order chi connectivity index (χ1) is 24.0. The van der Waals surface area contributed by atoms with Gasteiger partial charge in [-0.15, -0.1) is 0 Å². The molecule has 0 aliphatic carbocycles. The van der Waals surface area contributed by atoms with Crippen LogP contribution in [0.4, 0.5) is 35.1 Å². The van der Waals surface area contributed by atoms with Gasteiger partial charge in [0.1, 0.15) is 11.5 Å². The average Bonchev–Trinajstić information content (AvgIpc) is 3.10. The lowest BCUT2D eigenvalue weighted by molar-refractivity contribution is -0.332. The van der Waals surface area contributed by atoms with Gasteiger partial charge in [-0.2, -0.15) is 26.3 Å². The van der Waals surface area contributed by atoms with E-state index in [1.807, 2.05) is 6.92 Å². The zero-order valence-corrected chi connectivity index (χ0v) is 27.6. The Labute approximate surface area is 288 Å². The Balaban J connectivity index is 1.44. The van der Waals surface area contributed by atoms with E-state index in [0.717, 1.165) is 43.2 Å². The molecular weight excluding hydrogens is 696 g/mol. The number of unbranched alkanes of at least 4 members (excludes halogenated alkanes) is 3. The lowest BCUT2D eigenvalue weighted by Gasteiger charge is -2.30. The normalized spacial score (nSPS) is 12.7. The summed E-state index contributed by atoms with van der Waals surface area (Å²) in [5.41, 5.74) is 2.18. The fourth-order valence-corrected chi connectivity index (χ4v) is 4.51. The van der Waals surface area contributed by atoms with E-state index in [2.05, 4.69) is 11.7 Å². The maximum atomic E-state index is 13.5. The van der Waals surface area contributed by atoms with E-state index in [1.54, 1.807) is 48.5 Å². The van der Waals surface area contributed by atoms with E-state index in [0.29, 0.717) is 5.56 Å². The minimum Gasteiger partial charge on any atom is -0.493 e. The molecule has 0 saturated heterocycles. The first-order valence-corrected chi connectivity index (χ1v) is 16.0. The standard InChI is InChI=1S/C36H36F8O7/c1-3-4-5-6-8-23(2)50-30(45)26-11-9-24(10-12-26)25-13-19-29(20-14-25)51-31(46)27-15-17-28(18-16-27)48-21-7-22-49-33(47)35(41,42)36(43,44)34(39,40)32(37)38/h9-20,23,32H,3-8,21-22H2,1-2H3/t23-/m1/s1. The molecule has 0 aliphatic heterocycles. The third-order valence-corrected chi connectivity index (χ3v) is 7.52. The van der Waals surface area contributed by atoms with Crippen LogP contribution in [-0.2, 0) is 14.3 Å². The predicted octanol–water partition coefficient (Wildman–Crippen LogP) is 9.57. The molecule has 0 aromatic heterocycles. The number of hydrogen-bond acceptors (Lipinski definition) is 7. The molecule has 51 heavy (non-hydrogen) atoms. The first kappa shape index (κ1) is 40.7. The van der Waals surface area contributed by atoms with Gasteiger partial charge in [0.15, 0.2) is 0 Å². The van der Waals surface area contributed by atoms with E-state index < -0.39 is 48.7 Å². The molecule has 0 fully saturated rings. The van der Waals surface area contributed by atoms with E-state index in [9.17, 15) is 49.5 Å². The highest BCUT2D eigenvalue weighted by Gasteiger charge is 2.79. The molecule has 0 aliphatic rings. The van der Waals surface area contributed by atoms with Gasteiger partial charge in [0.2, 0.25) is 0 Å². The number of ether oxygens (including phenoxy) is 4. The lowest BCUT2D eigenvalue weighted by Crippen LogP contribution is -2.61. The molecule has 0 heterocycles. The summed E-state index contributed by atoms with van der Waals surface area (Å²) < 4.78 is 124. The molecule has 3 aromatic carbocycles. The van der Waals surface area contributed by atoms with Gasteiger partial charge in [-0.25, -0.2) is 23.2 Å². The van der Waals surface area contributed by atoms with E-state index >= 15 is 0 Å². The van der Waals surface area contributed by atoms with Crippen molar-refractivity contribution in [3.63, 3.8) is 0 Å². The molecule has 0 bridgehead atoms. The molecule has 0 amide bonds. The molecule has 0 unspecified atom stereocenters. The second-order valence-electron chi connectivity index (χ2n) is 11.5. The molecule has 3 rings (SSSR count). The van der Waals surface area contributed by atoms with E-state index in [1.165, 1.54) is 24.3 Å². The van der Waals surface area contributed by atoms with Gasteiger partial charge in [0.05, 0.1) is 30.4 Å². The van der Waals surface area contributed by atoms with E-state index in [4.69, 9.17) is 14.2 Å². The van der Waals surface area contributed by atoms with Gasteiger partial charge in [-0.05, 0) is 79.4 Å². The Morgan fingerprint density at radius 2 is 1.20 bits per heavy atom. The Morgan fingerprint density at radius 1 is 0.667 bits per heavy atom. The average molecular weight is 733 g/mol. The van der Waals surface area contributed by atoms with Crippen LogP contribution in [-0.4, -0.2) is 61.4 Å². The first-order valence-electron chi connectivity index (χ1n) is 16.0. The number of benzene rings is 3. The summed E-state index contributed by atoms with van der Waals surface area (Å²) in [6.45, 7) is 2.70. The van der Waals surface area contributed by atoms with Crippen LogP contribution >= 0.6 is 0 Å². The van der Waals surface area contributed by atoms with Crippen LogP contribution in [0.3, 0.4) is 0 Å². The third kappa shape index (κ3) is 10.7. The van der Waals surface area contributed by atoms with E-state index in [-0.39, 0.29) is 36.2 Å². The number of carbonyl (C=O) groups excluding carboxylic acids is 3. The predicted molar refractivity (Wildman–Crippen MR) is 169 cm³/mol. The number of halogens is 8. The second-order valence-corrected chi connectivity index (χ2v) is 11.5. The highest BCUT2D eigenvalue weighted by atomic mass is 19.4. The fourth-order valence-electron chi connectivity index (χ4n) is 4.51. The van der Waals surface area contributed by atoms with Crippen LogP contribution in [0.25, 0.3) is 11.1 Å². The molecule has 0 radical (unpaired) electrons. The van der Waals surface area contributed by atoms with Crippen LogP contribution in [0.5, 0.6) is 11.5 Å². The number of carbonyl (C=O) groups is 3. The summed E-state index contributed by atoms with van der Waals surface area (Å²) in [4.78, 5) is 36.4. The summed E-state index contributed by atoms with van der Waals surface area (Å²) in [5, 5.41) is 0. The Bertz CT molecular complexity index is 1580. The maximum absolute atomic E-state index is 13.5. The quantitative estimate of drug-likeness (QED) is 0.0525. The van der Waals surface area contributed by atoms with Crippen LogP contribution in [0.15, 0.2) is 72.8 Å². The van der Waals surface area contributed by atoms with Crippen LogP contribution in [0.2, 0.25) is 0 Å². The molecule has 3 aromatic rings. The van der Waals surface area contributed by atoms with Crippen molar-refractivity contribution in [2.75, 3.05) is 13.2 Å². The van der Waals surface area contributed by atoms with Crippen molar-refractivity contribution in [2.24, 2.45) is 0 Å². The number of esters is 3. The highest BCUT2D eigenvalue weighted by Crippen LogP contribution is 2.49. The molecule has 15 heteroatoms. The summed E-state index contributed by atoms with van der Waals surface area (Å²) in [7, 11) is 0. The monoisotopic (exact) mass is 732 g/mol. The summed E-state index contributed by atoms with van der Waals surface area (Å²) in [6.07, 6.45) is -0.502. The summed E-state index contributed by atoms with van der Waals surface area (Å²) in [6, 6.07) is 18.9. The number of hydrogen-bond donors (Lipinski definition) is 0. The molecule has 7 nitrogen and oxygen atoms in total.